The molecular weight excluding hydrogens is 488 g/mol. The zero-order chi connectivity index (χ0) is 21.3. The van der Waals surface area contributed by atoms with Crippen LogP contribution in [0.4, 0.5) is 0 Å². The van der Waals surface area contributed by atoms with Gasteiger partial charge in [0.15, 0.2) is 0 Å². The van der Waals surface area contributed by atoms with E-state index in [2.05, 4.69) is 108 Å². The maximum Gasteiger partial charge on any atom is 0.104 e. The molecule has 0 aromatic heterocycles. The zero-order valence-electron chi connectivity index (χ0n) is 18.4. The normalized spacial score (nSPS) is 15.7. The van der Waals surface area contributed by atoms with Crippen molar-refractivity contribution in [1.82, 2.24) is 0 Å². The van der Waals surface area contributed by atoms with Crippen LogP contribution in [-0.2, 0) is 15.9 Å². The van der Waals surface area contributed by atoms with Gasteiger partial charge in [0.05, 0.1) is 0 Å². The van der Waals surface area contributed by atoms with E-state index >= 15 is 0 Å². The van der Waals surface area contributed by atoms with Crippen LogP contribution in [0.25, 0.3) is 0 Å². The number of hydrogen-bond donors (Lipinski definition) is 0. The summed E-state index contributed by atoms with van der Waals surface area (Å²) >= 11 is 7.72. The first-order valence-corrected chi connectivity index (χ1v) is 13.2. The fraction of sp³-hybridized carbons (Fsp3) is 0.538. The molecule has 2 aromatic rings. The first-order valence-electron chi connectivity index (χ1n) is 10.9. The van der Waals surface area contributed by atoms with Gasteiger partial charge in [0.1, 0.15) is 11.2 Å². The summed E-state index contributed by atoms with van der Waals surface area (Å²) < 4.78 is 7.32. The summed E-state index contributed by atoms with van der Waals surface area (Å²) in [5.74, 6) is 0. The van der Waals surface area contributed by atoms with Gasteiger partial charge in [-0.25, -0.2) is 0 Å². The Morgan fingerprint density at radius 1 is 0.724 bits per heavy atom. The molecule has 1 nitrogen and oxygen atoms in total. The van der Waals surface area contributed by atoms with Gasteiger partial charge in [0.2, 0.25) is 0 Å². The van der Waals surface area contributed by atoms with Crippen LogP contribution in [0.2, 0.25) is 0 Å². The molecule has 160 valence electrons. The van der Waals surface area contributed by atoms with Gasteiger partial charge in [-0.2, -0.15) is 0 Å². The Bertz CT molecular complexity index is 696. The summed E-state index contributed by atoms with van der Waals surface area (Å²) in [6.07, 6.45) is 6.60. The third-order valence-corrected chi connectivity index (χ3v) is 7.59. The molecule has 0 saturated carbocycles. The van der Waals surface area contributed by atoms with E-state index in [0.717, 1.165) is 49.2 Å². The third kappa shape index (κ3) is 6.18. The summed E-state index contributed by atoms with van der Waals surface area (Å²) in [4.78, 5) is 0. The van der Waals surface area contributed by atoms with Crippen LogP contribution >= 0.6 is 31.9 Å². The van der Waals surface area contributed by atoms with Crippen molar-refractivity contribution in [2.75, 3.05) is 10.7 Å². The van der Waals surface area contributed by atoms with Crippen molar-refractivity contribution in [2.24, 2.45) is 0 Å². The summed E-state index contributed by atoms with van der Waals surface area (Å²) in [5.41, 5.74) is 4.40. The Balaban J connectivity index is 2.59. The minimum absolute atomic E-state index is 0.354. The van der Waals surface area contributed by atoms with E-state index in [9.17, 15) is 0 Å². The quantitative estimate of drug-likeness (QED) is 0.253. The Hall–Kier alpha value is -0.640. The lowest BCUT2D eigenvalue weighted by Gasteiger charge is -2.44. The van der Waals surface area contributed by atoms with Crippen LogP contribution < -0.4 is 0 Å². The van der Waals surface area contributed by atoms with Gasteiger partial charge in [-0.1, -0.05) is 131 Å². The largest absolute Gasteiger partial charge is 0.357 e. The zero-order valence-corrected chi connectivity index (χ0v) is 21.6. The molecule has 2 rings (SSSR count). The van der Waals surface area contributed by atoms with Crippen LogP contribution in [0, 0.1) is 13.8 Å². The van der Waals surface area contributed by atoms with Crippen LogP contribution in [0.1, 0.15) is 74.6 Å². The minimum atomic E-state index is -0.354. The molecule has 0 saturated heterocycles. The topological polar surface area (TPSA) is 9.23 Å². The fourth-order valence-electron chi connectivity index (χ4n) is 4.01. The molecule has 2 unspecified atom stereocenters. The van der Waals surface area contributed by atoms with Crippen LogP contribution in [0.5, 0.6) is 0 Å². The van der Waals surface area contributed by atoms with E-state index in [4.69, 9.17) is 4.74 Å². The standard InChI is InChI=1S/C26H36Br2O/c1-5-7-15-25(19-27,23-13-9-11-21(3)17-23)29-26(20-28,16-8-6-2)24-14-10-12-22(4)18-24/h9-14,17-18H,5-8,15-16,19-20H2,1-4H3. The molecule has 0 fully saturated rings. The van der Waals surface area contributed by atoms with Gasteiger partial charge in [-0.15, -0.1) is 0 Å². The average molecular weight is 524 g/mol. The predicted molar refractivity (Wildman–Crippen MR) is 133 cm³/mol. The van der Waals surface area contributed by atoms with E-state index in [0.29, 0.717) is 0 Å². The number of alkyl halides is 2. The predicted octanol–water partition coefficient (Wildman–Crippen LogP) is 8.58. The molecule has 0 bridgehead atoms. The highest BCUT2D eigenvalue weighted by Gasteiger charge is 2.42. The van der Waals surface area contributed by atoms with Gasteiger partial charge < -0.3 is 4.74 Å². The fourth-order valence-corrected chi connectivity index (χ4v) is 5.44. The molecule has 0 amide bonds. The molecule has 0 aliphatic heterocycles. The highest BCUT2D eigenvalue weighted by molar-refractivity contribution is 9.09. The first-order chi connectivity index (χ1) is 13.9. The lowest BCUT2D eigenvalue weighted by atomic mass is 9.84. The average Bonchev–Trinajstić information content (AvgIpc) is 2.74. The first kappa shape index (κ1) is 24.6. The van der Waals surface area contributed by atoms with E-state index in [1.54, 1.807) is 0 Å². The van der Waals surface area contributed by atoms with Crippen LogP contribution in [0.15, 0.2) is 48.5 Å². The maximum absolute atomic E-state index is 7.32. The Kier molecular flexibility index (Phi) is 9.91. The van der Waals surface area contributed by atoms with Gasteiger partial charge in [-0.05, 0) is 37.8 Å². The van der Waals surface area contributed by atoms with Crippen molar-refractivity contribution in [1.29, 1.82) is 0 Å². The van der Waals surface area contributed by atoms with Gasteiger partial charge in [0, 0.05) is 10.7 Å². The number of hydrogen-bond acceptors (Lipinski definition) is 1. The lowest BCUT2D eigenvalue weighted by molar-refractivity contribution is -0.153. The molecule has 3 heteroatoms. The Morgan fingerprint density at radius 3 is 1.45 bits per heavy atom. The monoisotopic (exact) mass is 522 g/mol. The van der Waals surface area contributed by atoms with Crippen LogP contribution in [-0.4, -0.2) is 10.7 Å². The molecule has 0 N–H and O–H groups in total. The van der Waals surface area contributed by atoms with Crippen molar-refractivity contribution in [3.05, 3.63) is 70.8 Å². The molecule has 2 atom stereocenters. The van der Waals surface area contributed by atoms with Crippen molar-refractivity contribution in [3.8, 4) is 0 Å². The van der Waals surface area contributed by atoms with Gasteiger partial charge in [-0.3, -0.25) is 0 Å². The number of halogens is 2. The second kappa shape index (κ2) is 11.7. The highest BCUT2D eigenvalue weighted by Crippen LogP contribution is 2.44. The maximum atomic E-state index is 7.32. The molecule has 0 radical (unpaired) electrons. The molecule has 0 aliphatic rings. The molecular formula is C26H36Br2O. The third-order valence-electron chi connectivity index (χ3n) is 5.78. The number of benzene rings is 2. The Labute approximate surface area is 194 Å². The van der Waals surface area contributed by atoms with E-state index in [1.165, 1.54) is 22.3 Å². The van der Waals surface area contributed by atoms with Crippen molar-refractivity contribution < 1.29 is 4.74 Å². The Morgan fingerprint density at radius 2 is 1.14 bits per heavy atom. The molecule has 0 heterocycles. The second-order valence-electron chi connectivity index (χ2n) is 8.30. The summed E-state index contributed by atoms with van der Waals surface area (Å²) in [6.45, 7) is 8.84. The van der Waals surface area contributed by atoms with Crippen molar-refractivity contribution in [3.63, 3.8) is 0 Å². The van der Waals surface area contributed by atoms with Gasteiger partial charge >= 0.3 is 0 Å². The van der Waals surface area contributed by atoms with Crippen molar-refractivity contribution >= 4 is 31.9 Å². The molecule has 0 aliphatic carbocycles. The SMILES string of the molecule is CCCCC(CBr)(OC(CBr)(CCCC)c1cccc(C)c1)c1cccc(C)c1. The number of unbranched alkanes of at least 4 members (excludes halogenated alkanes) is 2. The van der Waals surface area contributed by atoms with Crippen molar-refractivity contribution in [2.45, 2.75) is 77.4 Å². The minimum Gasteiger partial charge on any atom is -0.357 e. The van der Waals surface area contributed by atoms with E-state index < -0.39 is 0 Å². The summed E-state index contributed by atoms with van der Waals surface area (Å²) in [5, 5.41) is 1.58. The van der Waals surface area contributed by atoms with E-state index in [-0.39, 0.29) is 11.2 Å². The lowest BCUT2D eigenvalue weighted by Crippen LogP contribution is -2.44. The summed E-state index contributed by atoms with van der Waals surface area (Å²) in [6, 6.07) is 17.7. The number of rotatable bonds is 12. The smallest absolute Gasteiger partial charge is 0.104 e. The van der Waals surface area contributed by atoms with E-state index in [1.807, 2.05) is 0 Å². The molecule has 2 aromatic carbocycles. The second-order valence-corrected chi connectivity index (χ2v) is 9.43. The molecule has 29 heavy (non-hydrogen) atoms. The molecule has 0 spiro atoms. The summed E-state index contributed by atoms with van der Waals surface area (Å²) in [7, 11) is 0. The van der Waals surface area contributed by atoms with Gasteiger partial charge in [0.25, 0.3) is 0 Å². The highest BCUT2D eigenvalue weighted by atomic mass is 79.9. The van der Waals surface area contributed by atoms with Crippen LogP contribution in [0.3, 0.4) is 0 Å². The number of aryl methyl sites for hydroxylation is 2. The number of ether oxygens (including phenoxy) is 1.